The lowest BCUT2D eigenvalue weighted by Gasteiger charge is -1.99. The lowest BCUT2D eigenvalue weighted by molar-refractivity contribution is 0.131. The molecule has 68 valence electrons. The summed E-state index contributed by atoms with van der Waals surface area (Å²) < 4.78 is 20.0. The van der Waals surface area contributed by atoms with Crippen LogP contribution in [0.5, 0.6) is 0 Å². The van der Waals surface area contributed by atoms with Crippen LogP contribution in [0.1, 0.15) is 40.9 Å². The fraction of sp³-hybridized carbons (Fsp3) is 1.00. The minimum absolute atomic E-state index is 0.563. The van der Waals surface area contributed by atoms with Gasteiger partial charge in [-0.15, -0.1) is 0 Å². The van der Waals surface area contributed by atoms with Gasteiger partial charge in [-0.3, -0.25) is 0 Å². The van der Waals surface area contributed by atoms with Crippen molar-refractivity contribution in [2.45, 2.75) is 39.5 Å². The average molecular weight is 180 g/mol. The van der Waals surface area contributed by atoms with Crippen LogP contribution in [-0.2, 0) is 17.3 Å². The van der Waals surface area contributed by atoms with Gasteiger partial charge in [0.05, 0.1) is 0 Å². The molecule has 11 heavy (non-hydrogen) atoms. The van der Waals surface area contributed by atoms with Crippen molar-refractivity contribution in [3.63, 3.8) is 0 Å². The normalized spacial score (nSPS) is 9.73. The Hall–Kier alpha value is -0.0200. The predicted molar refractivity (Wildman–Crippen MR) is 48.8 cm³/mol. The highest BCUT2D eigenvalue weighted by molar-refractivity contribution is 7.44. The first-order valence-electron chi connectivity index (χ1n) is 4.66. The van der Waals surface area contributed by atoms with Gasteiger partial charge in [-0.25, -0.2) is 0 Å². The Morgan fingerprint density at radius 2 is 2.00 bits per heavy atom. The van der Waals surface area contributed by atoms with E-state index in [9.17, 15) is 0 Å². The molecule has 0 aromatic rings. The number of hydrogen-bond acceptors (Lipinski definition) is 3. The predicted octanol–water partition coefficient (Wildman–Crippen LogP) is 2.27. The Bertz CT molecular complexity index is 66.1. The molecule has 0 bridgehead atoms. The number of hydrogen-bond donors (Lipinski definition) is 0. The van der Waals surface area contributed by atoms with Gasteiger partial charge >= 0.3 is 0 Å². The van der Waals surface area contributed by atoms with Gasteiger partial charge in [0, 0.05) is 14.6 Å². The molecule has 0 amide bonds. The first-order chi connectivity index (χ1) is 5.91. The minimum Gasteiger partial charge on any atom is -0.381 e. The first-order valence-corrected chi connectivity index (χ1v) is 4.28. The lowest BCUT2D eigenvalue weighted by Crippen LogP contribution is -1.94. The molecule has 0 unspecified atom stereocenters. The van der Waals surface area contributed by atoms with Crippen molar-refractivity contribution in [3.05, 3.63) is 0 Å². The molecule has 0 aliphatic carbocycles. The Kier molecular flexibility index (Phi) is 16.5. The smallest absolute Gasteiger partial charge is 0.197 e. The maximum absolute atomic E-state index is 7.83. The van der Waals surface area contributed by atoms with Crippen LogP contribution in [0.15, 0.2) is 0 Å². The monoisotopic (exact) mass is 180 g/mol. The SMILES string of the molecule is O=S.[3H]CCCCCOCCC. The maximum atomic E-state index is 7.83. The van der Waals surface area contributed by atoms with Crippen LogP contribution < -0.4 is 0 Å². The molecule has 0 radical (unpaired) electrons. The van der Waals surface area contributed by atoms with Crippen molar-refractivity contribution in [3.8, 4) is 0 Å². The molecule has 0 saturated heterocycles. The van der Waals surface area contributed by atoms with Crippen LogP contribution in [0.4, 0.5) is 0 Å². The van der Waals surface area contributed by atoms with Crippen LogP contribution in [0.2, 0.25) is 0 Å². The third kappa shape index (κ3) is 17.8. The van der Waals surface area contributed by atoms with Gasteiger partial charge in [0.15, 0.2) is 12.5 Å². The van der Waals surface area contributed by atoms with E-state index < -0.39 is 0 Å². The molecule has 0 heterocycles. The highest BCUT2D eigenvalue weighted by atomic mass is 32.1. The van der Waals surface area contributed by atoms with Crippen molar-refractivity contribution in [2.24, 2.45) is 0 Å². The third-order valence-corrected chi connectivity index (χ3v) is 1.14. The number of unbranched alkanes of at least 4 members (excludes halogenated alkanes) is 2. The molecule has 0 fully saturated rings. The van der Waals surface area contributed by atoms with E-state index in [2.05, 4.69) is 19.5 Å². The highest BCUT2D eigenvalue weighted by Gasteiger charge is 1.84. The van der Waals surface area contributed by atoms with E-state index in [0.29, 0.717) is 6.90 Å². The quantitative estimate of drug-likeness (QED) is 0.586. The molecule has 3 heteroatoms. The van der Waals surface area contributed by atoms with E-state index in [1.807, 2.05) is 0 Å². The second kappa shape index (κ2) is 16.5. The molecule has 0 aromatic heterocycles. The van der Waals surface area contributed by atoms with Crippen LogP contribution >= 0.6 is 0 Å². The van der Waals surface area contributed by atoms with Crippen LogP contribution in [0.3, 0.4) is 0 Å². The van der Waals surface area contributed by atoms with Crippen molar-refractivity contribution >= 4 is 12.5 Å². The lowest BCUT2D eigenvalue weighted by atomic mass is 10.3. The van der Waals surface area contributed by atoms with E-state index in [0.717, 1.165) is 38.9 Å². The summed E-state index contributed by atoms with van der Waals surface area (Å²) in [5.74, 6) is 0. The van der Waals surface area contributed by atoms with Crippen LogP contribution in [-0.4, -0.2) is 17.4 Å². The second-order valence-corrected chi connectivity index (χ2v) is 2.17. The largest absolute Gasteiger partial charge is 0.381 e. The molecular weight excluding hydrogens is 160 g/mol. The summed E-state index contributed by atoms with van der Waals surface area (Å²) >= 11 is 2.83. The third-order valence-electron chi connectivity index (χ3n) is 1.14. The molecular formula is C8H18O2S. The van der Waals surface area contributed by atoms with E-state index in [4.69, 9.17) is 10.3 Å². The zero-order valence-electron chi connectivity index (χ0n) is 8.17. The average Bonchev–Trinajstić information content (AvgIpc) is 2.15. The summed E-state index contributed by atoms with van der Waals surface area (Å²) in [6.45, 7) is 4.45. The van der Waals surface area contributed by atoms with E-state index in [1.165, 1.54) is 0 Å². The van der Waals surface area contributed by atoms with Crippen LogP contribution in [0.25, 0.3) is 0 Å². The molecule has 2 nitrogen and oxygen atoms in total. The zero-order chi connectivity index (χ0) is 9.66. The summed E-state index contributed by atoms with van der Waals surface area (Å²) in [7, 11) is 0. The minimum atomic E-state index is 0.563. The van der Waals surface area contributed by atoms with Crippen molar-refractivity contribution in [1.82, 2.24) is 0 Å². The Labute approximate surface area is 76.3 Å². The molecule has 0 atom stereocenters. The standard InChI is InChI=1S/C8H18O.OS/c1-3-5-6-8-9-7-4-2;1-2/h3-8H2,1-2H3;/i1T;. The fourth-order valence-electron chi connectivity index (χ4n) is 0.627. The summed E-state index contributed by atoms with van der Waals surface area (Å²) in [6.07, 6.45) is 4.40. The van der Waals surface area contributed by atoms with Gasteiger partial charge in [0.1, 0.15) is 0 Å². The Morgan fingerprint density at radius 1 is 1.27 bits per heavy atom. The molecule has 0 spiro atoms. The Balaban J connectivity index is 0. The molecule has 0 aliphatic heterocycles. The van der Waals surface area contributed by atoms with E-state index in [-0.39, 0.29) is 0 Å². The summed E-state index contributed by atoms with van der Waals surface area (Å²) in [4.78, 5) is 0. The van der Waals surface area contributed by atoms with Crippen LogP contribution in [0, 0.1) is 0 Å². The van der Waals surface area contributed by atoms with E-state index in [1.54, 1.807) is 0 Å². The van der Waals surface area contributed by atoms with Crippen molar-refractivity contribution < 1.29 is 10.3 Å². The van der Waals surface area contributed by atoms with Crippen molar-refractivity contribution in [1.29, 1.82) is 0 Å². The van der Waals surface area contributed by atoms with Gasteiger partial charge in [-0.05, 0) is 12.8 Å². The van der Waals surface area contributed by atoms with Gasteiger partial charge < -0.3 is 4.74 Å². The number of rotatable bonds is 6. The zero-order valence-corrected chi connectivity index (χ0v) is 7.99. The highest BCUT2D eigenvalue weighted by Crippen LogP contribution is 1.93. The van der Waals surface area contributed by atoms with Gasteiger partial charge in [0.25, 0.3) is 0 Å². The molecule has 0 N–H and O–H groups in total. The Morgan fingerprint density at radius 3 is 2.55 bits per heavy atom. The topological polar surface area (TPSA) is 26.3 Å². The maximum Gasteiger partial charge on any atom is 0.197 e. The van der Waals surface area contributed by atoms with Gasteiger partial charge in [-0.1, -0.05) is 26.7 Å². The van der Waals surface area contributed by atoms with Gasteiger partial charge in [-0.2, -0.15) is 4.21 Å². The van der Waals surface area contributed by atoms with E-state index >= 15 is 0 Å². The molecule has 0 saturated carbocycles. The fourth-order valence-corrected chi connectivity index (χ4v) is 0.627. The summed E-state index contributed by atoms with van der Waals surface area (Å²) in [6, 6.07) is 0. The summed E-state index contributed by atoms with van der Waals surface area (Å²) in [5, 5.41) is 0. The van der Waals surface area contributed by atoms with Gasteiger partial charge in [0.2, 0.25) is 0 Å². The summed E-state index contributed by atoms with van der Waals surface area (Å²) in [5.41, 5.74) is 0. The molecule has 0 rings (SSSR count). The second-order valence-electron chi connectivity index (χ2n) is 2.17. The first kappa shape index (κ1) is 11.0. The number of ether oxygens (including phenoxy) is 1. The van der Waals surface area contributed by atoms with Crippen molar-refractivity contribution in [2.75, 3.05) is 13.2 Å². The molecule has 0 aliphatic rings. The molecule has 0 aromatic carbocycles.